The first-order chi connectivity index (χ1) is 13.0. The summed E-state index contributed by atoms with van der Waals surface area (Å²) in [7, 11) is 3.19. The molecule has 0 unspecified atom stereocenters. The molecule has 3 rings (SSSR count). The van der Waals surface area contributed by atoms with E-state index in [4.69, 9.17) is 18.9 Å². The van der Waals surface area contributed by atoms with Crippen LogP contribution in [0.4, 0.5) is 0 Å². The van der Waals surface area contributed by atoms with Gasteiger partial charge >= 0.3 is 5.97 Å². The van der Waals surface area contributed by atoms with Gasteiger partial charge in [0.25, 0.3) is 0 Å². The molecule has 0 fully saturated rings. The Kier molecular flexibility index (Phi) is 5.86. The summed E-state index contributed by atoms with van der Waals surface area (Å²) in [6.45, 7) is 2.41. The largest absolute Gasteiger partial charge is 0.497 e. The van der Waals surface area contributed by atoms with E-state index in [1.807, 2.05) is 43.3 Å². The smallest absolute Gasteiger partial charge is 0.343 e. The fraction of sp³-hybridized carbons (Fsp3) is 0.190. The molecule has 0 aliphatic carbocycles. The van der Waals surface area contributed by atoms with Crippen LogP contribution >= 0.6 is 15.9 Å². The van der Waals surface area contributed by atoms with Gasteiger partial charge in [-0.1, -0.05) is 0 Å². The zero-order valence-corrected chi connectivity index (χ0v) is 16.8. The Balaban J connectivity index is 1.94. The van der Waals surface area contributed by atoms with Crippen LogP contribution in [0.1, 0.15) is 18.1 Å². The van der Waals surface area contributed by atoms with Gasteiger partial charge in [-0.05, 0) is 77.0 Å². The number of cyclic esters (lactones) is 1. The number of halogens is 1. The first-order valence-electron chi connectivity index (χ1n) is 8.36. The topological polar surface area (TPSA) is 54.0 Å². The van der Waals surface area contributed by atoms with Crippen molar-refractivity contribution in [3.63, 3.8) is 0 Å². The van der Waals surface area contributed by atoms with E-state index in [1.165, 1.54) is 0 Å². The highest BCUT2D eigenvalue weighted by Gasteiger charge is 2.22. The van der Waals surface area contributed by atoms with Gasteiger partial charge in [-0.3, -0.25) is 0 Å². The zero-order valence-electron chi connectivity index (χ0n) is 15.2. The molecule has 2 aromatic rings. The molecule has 0 amide bonds. The fourth-order valence-electron chi connectivity index (χ4n) is 2.70. The molecule has 1 aliphatic rings. The van der Waals surface area contributed by atoms with E-state index in [1.54, 1.807) is 26.4 Å². The lowest BCUT2D eigenvalue weighted by molar-refractivity contribution is -0.130. The molecule has 0 N–H and O–H groups in total. The SMILES string of the molecule is CCOc1cc(/C=C2\C=C(c3ccc(OC)cc3)OC2=O)cc(Br)c1OC. The van der Waals surface area contributed by atoms with E-state index in [0.29, 0.717) is 29.4 Å². The number of carbonyl (C=O) groups excluding carboxylic acids is 1. The molecule has 6 heteroatoms. The molecule has 0 saturated carbocycles. The van der Waals surface area contributed by atoms with Gasteiger partial charge in [0.1, 0.15) is 11.5 Å². The average molecular weight is 431 g/mol. The van der Waals surface area contributed by atoms with Gasteiger partial charge < -0.3 is 18.9 Å². The van der Waals surface area contributed by atoms with Gasteiger partial charge in [-0.25, -0.2) is 4.79 Å². The summed E-state index contributed by atoms with van der Waals surface area (Å²) in [5, 5.41) is 0. The van der Waals surface area contributed by atoms with Crippen molar-refractivity contribution in [3.8, 4) is 17.2 Å². The number of hydrogen-bond donors (Lipinski definition) is 0. The zero-order chi connectivity index (χ0) is 19.4. The molecule has 0 aromatic heterocycles. The Hall–Kier alpha value is -2.73. The van der Waals surface area contributed by atoms with Crippen LogP contribution in [0.25, 0.3) is 11.8 Å². The summed E-state index contributed by atoms with van der Waals surface area (Å²) in [6.07, 6.45) is 3.48. The van der Waals surface area contributed by atoms with Crippen LogP contribution in [0.5, 0.6) is 17.2 Å². The molecule has 1 aliphatic heterocycles. The Morgan fingerprint density at radius 3 is 2.48 bits per heavy atom. The molecule has 0 spiro atoms. The molecule has 0 saturated heterocycles. The third-order valence-corrected chi connectivity index (χ3v) is 4.55. The monoisotopic (exact) mass is 430 g/mol. The van der Waals surface area contributed by atoms with E-state index in [2.05, 4.69) is 15.9 Å². The van der Waals surface area contributed by atoms with Crippen molar-refractivity contribution in [2.24, 2.45) is 0 Å². The Morgan fingerprint density at radius 2 is 1.85 bits per heavy atom. The maximum atomic E-state index is 12.3. The molecular weight excluding hydrogens is 412 g/mol. The molecule has 27 heavy (non-hydrogen) atoms. The van der Waals surface area contributed by atoms with E-state index in [-0.39, 0.29) is 0 Å². The second kappa shape index (κ2) is 8.31. The van der Waals surface area contributed by atoms with Crippen molar-refractivity contribution in [2.75, 3.05) is 20.8 Å². The number of esters is 1. The minimum Gasteiger partial charge on any atom is -0.497 e. The minimum atomic E-state index is -0.397. The summed E-state index contributed by atoms with van der Waals surface area (Å²) in [6, 6.07) is 11.0. The number of methoxy groups -OCH3 is 2. The van der Waals surface area contributed by atoms with E-state index in [9.17, 15) is 4.79 Å². The lowest BCUT2D eigenvalue weighted by Gasteiger charge is -2.12. The van der Waals surface area contributed by atoms with Gasteiger partial charge in [0.15, 0.2) is 11.5 Å². The summed E-state index contributed by atoms with van der Waals surface area (Å²) in [4.78, 5) is 12.3. The minimum absolute atomic E-state index is 0.397. The molecule has 1 heterocycles. The van der Waals surface area contributed by atoms with E-state index in [0.717, 1.165) is 21.3 Å². The van der Waals surface area contributed by atoms with Crippen molar-refractivity contribution in [3.05, 3.63) is 63.6 Å². The first-order valence-corrected chi connectivity index (χ1v) is 9.15. The lowest BCUT2D eigenvalue weighted by Crippen LogP contribution is -1.98. The van der Waals surface area contributed by atoms with Crippen molar-refractivity contribution in [1.82, 2.24) is 0 Å². The summed E-state index contributed by atoms with van der Waals surface area (Å²) in [5.41, 5.74) is 2.06. The van der Waals surface area contributed by atoms with Crippen LogP contribution in [0, 0.1) is 0 Å². The van der Waals surface area contributed by atoms with Crippen LogP contribution in [-0.4, -0.2) is 26.8 Å². The Bertz CT molecular complexity index is 913. The summed E-state index contributed by atoms with van der Waals surface area (Å²) >= 11 is 3.48. The van der Waals surface area contributed by atoms with E-state index >= 15 is 0 Å². The van der Waals surface area contributed by atoms with Gasteiger partial charge in [-0.15, -0.1) is 0 Å². The van der Waals surface area contributed by atoms with Gasteiger partial charge in [0, 0.05) is 5.56 Å². The van der Waals surface area contributed by atoms with Gasteiger partial charge in [0.05, 0.1) is 30.9 Å². The highest BCUT2D eigenvalue weighted by Crippen LogP contribution is 2.38. The molecular formula is C21H19BrO5. The highest BCUT2D eigenvalue weighted by atomic mass is 79.9. The van der Waals surface area contributed by atoms with Crippen LogP contribution in [0.15, 0.2) is 52.5 Å². The predicted octanol–water partition coefficient (Wildman–Crippen LogP) is 4.85. The molecule has 2 aromatic carbocycles. The van der Waals surface area contributed by atoms with Gasteiger partial charge in [-0.2, -0.15) is 0 Å². The Morgan fingerprint density at radius 1 is 1.11 bits per heavy atom. The molecule has 5 nitrogen and oxygen atoms in total. The number of carbonyl (C=O) groups is 1. The van der Waals surface area contributed by atoms with Crippen LogP contribution in [0.3, 0.4) is 0 Å². The van der Waals surface area contributed by atoms with Crippen molar-refractivity contribution in [2.45, 2.75) is 6.92 Å². The number of benzene rings is 2. The van der Waals surface area contributed by atoms with Crippen LogP contribution in [-0.2, 0) is 9.53 Å². The normalized spacial score (nSPS) is 14.7. The quantitative estimate of drug-likeness (QED) is 0.484. The first kappa shape index (κ1) is 19.0. The molecule has 0 radical (unpaired) electrons. The average Bonchev–Trinajstić information content (AvgIpc) is 3.02. The number of ether oxygens (including phenoxy) is 4. The van der Waals surface area contributed by atoms with E-state index < -0.39 is 5.97 Å². The highest BCUT2D eigenvalue weighted by molar-refractivity contribution is 9.10. The molecule has 140 valence electrons. The summed E-state index contributed by atoms with van der Waals surface area (Å²) < 4.78 is 22.3. The van der Waals surface area contributed by atoms with Crippen molar-refractivity contribution < 1.29 is 23.7 Å². The molecule has 0 bridgehead atoms. The fourth-order valence-corrected chi connectivity index (χ4v) is 3.32. The summed E-state index contributed by atoms with van der Waals surface area (Å²) in [5.74, 6) is 2.07. The number of hydrogen-bond acceptors (Lipinski definition) is 5. The maximum absolute atomic E-state index is 12.3. The maximum Gasteiger partial charge on any atom is 0.343 e. The third kappa shape index (κ3) is 4.17. The molecule has 0 atom stereocenters. The predicted molar refractivity (Wildman–Crippen MR) is 107 cm³/mol. The van der Waals surface area contributed by atoms with Crippen molar-refractivity contribution in [1.29, 1.82) is 0 Å². The number of rotatable bonds is 6. The Labute approximate surface area is 166 Å². The van der Waals surface area contributed by atoms with Crippen LogP contribution in [0.2, 0.25) is 0 Å². The second-order valence-electron chi connectivity index (χ2n) is 5.69. The second-order valence-corrected chi connectivity index (χ2v) is 6.55. The van der Waals surface area contributed by atoms with Gasteiger partial charge in [0.2, 0.25) is 0 Å². The van der Waals surface area contributed by atoms with Crippen LogP contribution < -0.4 is 14.2 Å². The lowest BCUT2D eigenvalue weighted by atomic mass is 10.1. The van der Waals surface area contributed by atoms with Crippen molar-refractivity contribution >= 4 is 33.7 Å². The third-order valence-electron chi connectivity index (χ3n) is 3.96. The standard InChI is InChI=1S/C21H19BrO5/c1-4-26-19-11-13(10-17(22)20(19)25-3)9-15-12-18(27-21(15)23)14-5-7-16(24-2)8-6-14/h5-12H,4H2,1-3H3/b15-9+.